The number of Topliss-reactive ketones (excluding diaryl/α,β-unsaturated/α-hetero) is 2. The zero-order chi connectivity index (χ0) is 79.2. The van der Waals surface area contributed by atoms with Crippen LogP contribution >= 0.6 is 0 Å². The van der Waals surface area contributed by atoms with Crippen molar-refractivity contribution in [3.8, 4) is 0 Å². The maximum Gasteiger partial charge on any atom is 0.242 e. The van der Waals surface area contributed by atoms with Crippen molar-refractivity contribution in [3.63, 3.8) is 0 Å². The second-order valence-electron chi connectivity index (χ2n) is 29.5. The molecule has 10 N–H and O–H groups in total. The minimum Gasteiger partial charge on any atom is -0.370 e. The molecule has 2 unspecified atom stereocenters. The molecule has 0 saturated carbocycles. The van der Waals surface area contributed by atoms with Gasteiger partial charge in [-0.25, -0.2) is 0 Å². The van der Waals surface area contributed by atoms with Gasteiger partial charge in [-0.15, -0.1) is 0 Å². The molecule has 0 aromatic heterocycles. The number of benzene rings is 4. The van der Waals surface area contributed by atoms with E-state index in [1.54, 1.807) is 27.7 Å². The van der Waals surface area contributed by atoms with E-state index >= 15 is 0 Å². The second kappa shape index (κ2) is 47.3. The van der Waals surface area contributed by atoms with E-state index in [1.165, 1.54) is 52.0 Å². The van der Waals surface area contributed by atoms with E-state index < -0.39 is 97.4 Å². The summed E-state index contributed by atoms with van der Waals surface area (Å²) in [4.78, 5) is 164. The number of unbranched alkanes of at least 4 members (excludes halogenated alkanes) is 3. The number of nitrogens with zero attached hydrogens (tertiary/aromatic N) is 10. The lowest BCUT2D eigenvalue weighted by Crippen LogP contribution is -2.55. The summed E-state index contributed by atoms with van der Waals surface area (Å²) in [6.45, 7) is 19.0. The molecule has 4 aromatic carbocycles. The molecule has 26 nitrogen and oxygen atoms in total. The summed E-state index contributed by atoms with van der Waals surface area (Å²) in [6.07, 6.45) is 5.50. The molecular formula is C82H124N16O10. The average molecular weight is 1490 g/mol. The van der Waals surface area contributed by atoms with Crippen LogP contribution < -0.4 is 33.6 Å². The Kier molecular flexibility index (Phi) is 39.0. The van der Waals surface area contributed by atoms with Crippen LogP contribution in [0.1, 0.15) is 168 Å². The van der Waals surface area contributed by atoms with Gasteiger partial charge in [0.2, 0.25) is 58.8 Å². The minimum absolute atomic E-state index is 0.00612. The molecule has 0 spiro atoms. The Labute approximate surface area is 641 Å². The van der Waals surface area contributed by atoms with Gasteiger partial charge in [0.1, 0.15) is 13.1 Å². The van der Waals surface area contributed by atoms with E-state index in [1.807, 2.05) is 149 Å². The van der Waals surface area contributed by atoms with E-state index in [0.717, 1.165) is 22.3 Å². The van der Waals surface area contributed by atoms with Crippen LogP contribution in [0, 0.1) is 11.8 Å². The first kappa shape index (κ1) is 89.1. The monoisotopic (exact) mass is 1490 g/mol. The highest BCUT2D eigenvalue weighted by atomic mass is 16.2. The van der Waals surface area contributed by atoms with Gasteiger partial charge in [-0.3, -0.25) is 57.9 Å². The summed E-state index contributed by atoms with van der Waals surface area (Å²) in [6, 6.07) is 36.5. The Morgan fingerprint density at radius 3 is 1.00 bits per heavy atom. The first-order valence-electron chi connectivity index (χ1n) is 38.7. The number of guanidine groups is 2. The number of hydrogen-bond donors (Lipinski definition) is 6. The highest BCUT2D eigenvalue weighted by molar-refractivity contribution is 6.41. The third kappa shape index (κ3) is 29.9. The predicted molar refractivity (Wildman–Crippen MR) is 425 cm³/mol. The maximum absolute atomic E-state index is 14.6. The first-order chi connectivity index (χ1) is 51.6. The molecule has 2 aliphatic rings. The number of carbonyl (C=O) groups is 10. The Morgan fingerprint density at radius 1 is 0.417 bits per heavy atom. The molecule has 108 heavy (non-hydrogen) atoms. The molecular weight excluding hydrogens is 1370 g/mol. The number of amides is 8. The van der Waals surface area contributed by atoms with Gasteiger partial charge >= 0.3 is 0 Å². The van der Waals surface area contributed by atoms with Gasteiger partial charge in [-0.2, -0.15) is 0 Å². The quantitative estimate of drug-likeness (QED) is 0.0129. The molecule has 2 aliphatic heterocycles. The van der Waals surface area contributed by atoms with Crippen molar-refractivity contribution in [2.24, 2.45) is 44.8 Å². The molecule has 2 fully saturated rings. The SMILES string of the molecule is CC(C)CN(CC(=O)N(CCCCN=C(N)N)CC(=O)N(CC(=O)N1CCCC1C(=O)C(=O)C1CCCN1C(=O)CN(C(=O)CN(CCCCN=C(N)N)C(=O)CN(CC(C)C)C(=O)CNCC(c1ccccc1)c1ccccc1)C(C)C)C(C)C)C(=O)CNCC(c1ccccc1)c1ccccc1.CCCC. The smallest absolute Gasteiger partial charge is 0.242 e. The summed E-state index contributed by atoms with van der Waals surface area (Å²) in [5.41, 5.74) is 26.7. The van der Waals surface area contributed by atoms with Gasteiger partial charge in [-0.1, -0.05) is 176 Å². The van der Waals surface area contributed by atoms with E-state index in [-0.39, 0.29) is 139 Å². The van der Waals surface area contributed by atoms with E-state index in [9.17, 15) is 47.9 Å². The number of rotatable bonds is 44. The van der Waals surface area contributed by atoms with Gasteiger partial charge in [0, 0.05) is 89.4 Å². The number of carbonyl (C=O) groups excluding carboxylic acids is 10. The second-order valence-corrected chi connectivity index (χ2v) is 29.5. The summed E-state index contributed by atoms with van der Waals surface area (Å²) >= 11 is 0. The number of nitrogens with one attached hydrogen (secondary N) is 2. The highest BCUT2D eigenvalue weighted by Crippen LogP contribution is 2.28. The molecule has 592 valence electrons. The van der Waals surface area contributed by atoms with Gasteiger partial charge < -0.3 is 72.8 Å². The fourth-order valence-electron chi connectivity index (χ4n) is 13.3. The van der Waals surface area contributed by atoms with Gasteiger partial charge in [0.25, 0.3) is 0 Å². The predicted octanol–water partition coefficient (Wildman–Crippen LogP) is 5.96. The zero-order valence-electron chi connectivity index (χ0n) is 65.8. The minimum atomic E-state index is -1.17. The summed E-state index contributed by atoms with van der Waals surface area (Å²) < 4.78 is 0. The normalized spacial score (nSPS) is 14.0. The summed E-state index contributed by atoms with van der Waals surface area (Å²) in [7, 11) is 0. The molecule has 2 saturated heterocycles. The highest BCUT2D eigenvalue weighted by Gasteiger charge is 2.45. The number of aliphatic imine (C=N–C) groups is 2. The van der Waals surface area contributed by atoms with Crippen LogP contribution in [0.4, 0.5) is 0 Å². The van der Waals surface area contributed by atoms with Crippen LogP contribution in [0.25, 0.3) is 0 Å². The van der Waals surface area contributed by atoms with Crippen molar-refractivity contribution < 1.29 is 47.9 Å². The lowest BCUT2D eigenvalue weighted by atomic mass is 9.91. The Hall–Kier alpha value is -9.56. The van der Waals surface area contributed by atoms with Crippen molar-refractivity contribution >= 4 is 70.7 Å². The number of nitrogens with two attached hydrogens (primary N) is 4. The summed E-state index contributed by atoms with van der Waals surface area (Å²) in [5.74, 6) is -5.78. The zero-order valence-corrected chi connectivity index (χ0v) is 65.8. The van der Waals surface area contributed by atoms with Gasteiger partial charge in [0.05, 0.1) is 51.4 Å². The van der Waals surface area contributed by atoms with Crippen LogP contribution in [0.5, 0.6) is 0 Å². The average Bonchev–Trinajstić information content (AvgIpc) is 1.66. The molecule has 0 radical (unpaired) electrons. The van der Waals surface area contributed by atoms with Crippen LogP contribution in [-0.2, 0) is 47.9 Å². The van der Waals surface area contributed by atoms with E-state index in [0.29, 0.717) is 51.6 Å². The van der Waals surface area contributed by atoms with E-state index in [2.05, 4.69) is 34.5 Å². The van der Waals surface area contributed by atoms with Gasteiger partial charge in [-0.05, 0) is 113 Å². The van der Waals surface area contributed by atoms with Crippen molar-refractivity contribution in [1.29, 1.82) is 0 Å². The van der Waals surface area contributed by atoms with Crippen LogP contribution in [-0.4, -0.2) is 252 Å². The Morgan fingerprint density at radius 2 is 0.722 bits per heavy atom. The van der Waals surface area contributed by atoms with Crippen LogP contribution in [0.3, 0.4) is 0 Å². The largest absolute Gasteiger partial charge is 0.370 e. The molecule has 26 heteroatoms. The van der Waals surface area contributed by atoms with E-state index in [4.69, 9.17) is 22.9 Å². The lowest BCUT2D eigenvalue weighted by Gasteiger charge is -2.34. The fourth-order valence-corrected chi connectivity index (χ4v) is 13.3. The Bertz CT molecular complexity index is 3210. The fraction of sp³-hybridized carbons (Fsp3) is 0.561. The molecule has 0 aliphatic carbocycles. The topological polar surface area (TPSA) is 349 Å². The van der Waals surface area contributed by atoms with Crippen molar-refractivity contribution in [1.82, 2.24) is 49.8 Å². The third-order valence-corrected chi connectivity index (χ3v) is 19.2. The number of likely N-dealkylation sites (tertiary alicyclic amines) is 2. The van der Waals surface area contributed by atoms with Crippen molar-refractivity contribution in [2.75, 3.05) is 118 Å². The van der Waals surface area contributed by atoms with Crippen molar-refractivity contribution in [3.05, 3.63) is 144 Å². The molecule has 8 amide bonds. The van der Waals surface area contributed by atoms with Gasteiger partial charge in [0.15, 0.2) is 11.9 Å². The standard InChI is InChI=1S/C78H114N16O10.C4H10/c1-55(2)47-89(67(95)45-83-43-63(59-27-13-9-14-28-59)60-29-15-10-16-30-60)49-69(97)87(39-23-21-37-85-77(79)80)51-71(99)93(57(5)6)53-73(101)91-41-25-35-65(91)75(103)76(104)66-36-26-42-92(66)74(102)54-94(58(7)8)72(100)52-88(40-24-22-38-86-78(81)82)70(98)50-90(48-56(3)4)68(96)46-84-44-64(61-31-17-11-18-32-61)62-33-19-12-20-34-62;1-3-4-2/h9-20,27-34,55-58,63-66,83-84H,21-26,35-54H2,1-8H3,(H4,79,80,85)(H4,81,82,86);3-4H2,1-2H3. The van der Waals surface area contributed by atoms with Crippen LogP contribution in [0.2, 0.25) is 0 Å². The molecule has 0 bridgehead atoms. The van der Waals surface area contributed by atoms with Crippen molar-refractivity contribution in [2.45, 2.75) is 169 Å². The summed E-state index contributed by atoms with van der Waals surface area (Å²) in [5, 5.41) is 6.69. The molecule has 6 rings (SSSR count). The maximum atomic E-state index is 14.6. The molecule has 2 heterocycles. The molecule has 2 atom stereocenters. The Balaban J connectivity index is 0.00000509. The first-order valence-corrected chi connectivity index (χ1v) is 38.7. The molecule has 4 aromatic rings. The number of ketones is 2. The number of hydrogen-bond acceptors (Lipinski definition) is 14. The third-order valence-electron chi connectivity index (χ3n) is 19.2. The van der Waals surface area contributed by atoms with Crippen LogP contribution in [0.15, 0.2) is 131 Å². The lowest BCUT2D eigenvalue weighted by molar-refractivity contribution is -0.151.